The molecule has 0 aromatic rings. The van der Waals surface area contributed by atoms with Crippen LogP contribution in [0.2, 0.25) is 0 Å². The standard InChI is InChI=1S/C13H24N2O2/c1-2-17-11-6-9-15(10-7-11)13(16)12-5-3-4-8-14-12/h11-12,14H,2-10H2,1H3. The minimum absolute atomic E-state index is 0.0763. The van der Waals surface area contributed by atoms with Crippen molar-refractivity contribution in [1.29, 1.82) is 0 Å². The number of carbonyl (C=O) groups excluding carboxylic acids is 1. The second kappa shape index (κ2) is 6.36. The highest BCUT2D eigenvalue weighted by Gasteiger charge is 2.28. The predicted octanol–water partition coefficient (Wildman–Crippen LogP) is 1.16. The number of carbonyl (C=O) groups is 1. The number of hydrogen-bond donors (Lipinski definition) is 1. The van der Waals surface area contributed by atoms with Crippen LogP contribution in [-0.4, -0.2) is 49.2 Å². The summed E-state index contributed by atoms with van der Waals surface area (Å²) >= 11 is 0. The van der Waals surface area contributed by atoms with Crippen LogP contribution in [0.1, 0.15) is 39.0 Å². The Morgan fingerprint density at radius 2 is 2.06 bits per heavy atom. The summed E-state index contributed by atoms with van der Waals surface area (Å²) in [6.45, 7) is 5.53. The van der Waals surface area contributed by atoms with Crippen LogP contribution in [0.3, 0.4) is 0 Å². The van der Waals surface area contributed by atoms with Crippen LogP contribution >= 0.6 is 0 Å². The molecule has 2 heterocycles. The van der Waals surface area contributed by atoms with E-state index in [9.17, 15) is 4.79 Å². The highest BCUT2D eigenvalue weighted by atomic mass is 16.5. The first-order chi connectivity index (χ1) is 8.31. The molecular weight excluding hydrogens is 216 g/mol. The van der Waals surface area contributed by atoms with Gasteiger partial charge in [-0.05, 0) is 39.2 Å². The Labute approximate surface area is 104 Å². The highest BCUT2D eigenvalue weighted by molar-refractivity contribution is 5.82. The van der Waals surface area contributed by atoms with Gasteiger partial charge in [-0.25, -0.2) is 0 Å². The second-order valence-corrected chi connectivity index (χ2v) is 4.98. The van der Waals surface area contributed by atoms with Crippen LogP contribution in [0.25, 0.3) is 0 Å². The Morgan fingerprint density at radius 3 is 2.65 bits per heavy atom. The first kappa shape index (κ1) is 12.8. The number of rotatable bonds is 3. The molecule has 2 saturated heterocycles. The Morgan fingerprint density at radius 1 is 1.29 bits per heavy atom. The molecule has 17 heavy (non-hydrogen) atoms. The smallest absolute Gasteiger partial charge is 0.239 e. The van der Waals surface area contributed by atoms with Crippen LogP contribution in [0, 0.1) is 0 Å². The zero-order chi connectivity index (χ0) is 12.1. The number of ether oxygens (including phenoxy) is 1. The molecule has 0 saturated carbocycles. The highest BCUT2D eigenvalue weighted by Crippen LogP contribution is 2.17. The monoisotopic (exact) mass is 240 g/mol. The lowest BCUT2D eigenvalue weighted by atomic mass is 10.0. The van der Waals surface area contributed by atoms with Crippen molar-refractivity contribution >= 4 is 5.91 Å². The summed E-state index contributed by atoms with van der Waals surface area (Å²) in [4.78, 5) is 14.3. The van der Waals surface area contributed by atoms with E-state index < -0.39 is 0 Å². The van der Waals surface area contributed by atoms with E-state index in [2.05, 4.69) is 5.32 Å². The SMILES string of the molecule is CCOC1CCN(C(=O)C2CCCCN2)CC1. The predicted molar refractivity (Wildman–Crippen MR) is 66.9 cm³/mol. The van der Waals surface area contributed by atoms with Gasteiger partial charge in [0.25, 0.3) is 0 Å². The van der Waals surface area contributed by atoms with E-state index >= 15 is 0 Å². The number of amides is 1. The van der Waals surface area contributed by atoms with E-state index in [0.717, 1.165) is 45.5 Å². The summed E-state index contributed by atoms with van der Waals surface area (Å²) in [5, 5.41) is 3.33. The average molecular weight is 240 g/mol. The van der Waals surface area contributed by atoms with Crippen molar-refractivity contribution in [3.05, 3.63) is 0 Å². The van der Waals surface area contributed by atoms with E-state index in [1.165, 1.54) is 12.8 Å². The van der Waals surface area contributed by atoms with E-state index in [1.807, 2.05) is 11.8 Å². The van der Waals surface area contributed by atoms with Crippen molar-refractivity contribution in [2.24, 2.45) is 0 Å². The van der Waals surface area contributed by atoms with Gasteiger partial charge >= 0.3 is 0 Å². The fourth-order valence-electron chi connectivity index (χ4n) is 2.76. The largest absolute Gasteiger partial charge is 0.378 e. The maximum absolute atomic E-state index is 12.2. The van der Waals surface area contributed by atoms with Crippen LogP contribution in [0.5, 0.6) is 0 Å². The molecule has 0 bridgehead atoms. The van der Waals surface area contributed by atoms with Gasteiger partial charge in [-0.2, -0.15) is 0 Å². The molecule has 1 atom stereocenters. The van der Waals surface area contributed by atoms with Crippen LogP contribution in [0.4, 0.5) is 0 Å². The first-order valence-electron chi connectivity index (χ1n) is 6.95. The van der Waals surface area contributed by atoms with Crippen LogP contribution in [0.15, 0.2) is 0 Å². The van der Waals surface area contributed by atoms with Gasteiger partial charge in [-0.15, -0.1) is 0 Å². The van der Waals surface area contributed by atoms with Gasteiger partial charge in [0.05, 0.1) is 12.1 Å². The van der Waals surface area contributed by atoms with Crippen molar-refractivity contribution in [2.75, 3.05) is 26.2 Å². The molecule has 0 aromatic heterocycles. The van der Waals surface area contributed by atoms with Crippen molar-refractivity contribution in [3.63, 3.8) is 0 Å². The molecule has 2 fully saturated rings. The fraction of sp³-hybridized carbons (Fsp3) is 0.923. The number of likely N-dealkylation sites (tertiary alicyclic amines) is 1. The van der Waals surface area contributed by atoms with E-state index in [4.69, 9.17) is 4.74 Å². The zero-order valence-corrected chi connectivity index (χ0v) is 10.8. The number of hydrogen-bond acceptors (Lipinski definition) is 3. The minimum atomic E-state index is 0.0763. The number of piperidine rings is 2. The normalized spacial score (nSPS) is 27.1. The van der Waals surface area contributed by atoms with Gasteiger partial charge in [-0.1, -0.05) is 6.42 Å². The van der Waals surface area contributed by atoms with Crippen LogP contribution in [-0.2, 0) is 9.53 Å². The number of nitrogens with one attached hydrogen (secondary N) is 1. The van der Waals surface area contributed by atoms with Crippen molar-refractivity contribution < 1.29 is 9.53 Å². The quantitative estimate of drug-likeness (QED) is 0.805. The third-order valence-corrected chi connectivity index (χ3v) is 3.76. The van der Waals surface area contributed by atoms with Gasteiger partial charge < -0.3 is 15.0 Å². The Bertz CT molecular complexity index is 244. The molecule has 98 valence electrons. The maximum atomic E-state index is 12.2. The van der Waals surface area contributed by atoms with Crippen LogP contribution < -0.4 is 5.32 Å². The molecular formula is C13H24N2O2. The Kier molecular flexibility index (Phi) is 4.80. The summed E-state index contributed by atoms with van der Waals surface area (Å²) in [7, 11) is 0. The lowest BCUT2D eigenvalue weighted by Gasteiger charge is -2.35. The van der Waals surface area contributed by atoms with Gasteiger partial charge in [-0.3, -0.25) is 4.79 Å². The summed E-state index contributed by atoms with van der Waals surface area (Å²) in [5.41, 5.74) is 0. The molecule has 2 aliphatic heterocycles. The fourth-order valence-corrected chi connectivity index (χ4v) is 2.76. The third kappa shape index (κ3) is 3.42. The average Bonchev–Trinajstić information content (AvgIpc) is 2.40. The molecule has 2 rings (SSSR count). The summed E-state index contributed by atoms with van der Waals surface area (Å²) in [5.74, 6) is 0.305. The van der Waals surface area contributed by atoms with Gasteiger partial charge in [0.15, 0.2) is 0 Å². The van der Waals surface area contributed by atoms with Crippen molar-refractivity contribution in [1.82, 2.24) is 10.2 Å². The molecule has 0 aromatic carbocycles. The first-order valence-corrected chi connectivity index (χ1v) is 6.95. The van der Waals surface area contributed by atoms with Gasteiger partial charge in [0, 0.05) is 19.7 Å². The second-order valence-electron chi connectivity index (χ2n) is 4.98. The lowest BCUT2D eigenvalue weighted by molar-refractivity contribution is -0.136. The summed E-state index contributed by atoms with van der Waals surface area (Å²) in [6, 6.07) is 0.0763. The molecule has 1 N–H and O–H groups in total. The molecule has 1 amide bonds. The molecule has 4 heteroatoms. The lowest BCUT2D eigenvalue weighted by Crippen LogP contribution is -2.51. The summed E-state index contributed by atoms with van der Waals surface area (Å²) < 4.78 is 5.60. The molecule has 4 nitrogen and oxygen atoms in total. The van der Waals surface area contributed by atoms with E-state index in [1.54, 1.807) is 0 Å². The summed E-state index contributed by atoms with van der Waals surface area (Å²) in [6.07, 6.45) is 5.74. The maximum Gasteiger partial charge on any atom is 0.239 e. The molecule has 0 spiro atoms. The third-order valence-electron chi connectivity index (χ3n) is 3.76. The zero-order valence-electron chi connectivity index (χ0n) is 10.8. The molecule has 2 aliphatic rings. The van der Waals surface area contributed by atoms with E-state index in [-0.39, 0.29) is 6.04 Å². The molecule has 0 aliphatic carbocycles. The minimum Gasteiger partial charge on any atom is -0.378 e. The number of nitrogens with zero attached hydrogens (tertiary/aromatic N) is 1. The van der Waals surface area contributed by atoms with Gasteiger partial charge in [0.2, 0.25) is 5.91 Å². The van der Waals surface area contributed by atoms with Crippen molar-refractivity contribution in [2.45, 2.75) is 51.2 Å². The molecule has 0 radical (unpaired) electrons. The van der Waals surface area contributed by atoms with Gasteiger partial charge in [0.1, 0.15) is 0 Å². The Hall–Kier alpha value is -0.610. The van der Waals surface area contributed by atoms with Crippen molar-refractivity contribution in [3.8, 4) is 0 Å². The van der Waals surface area contributed by atoms with E-state index in [0.29, 0.717) is 12.0 Å². The Balaban J connectivity index is 1.77. The topological polar surface area (TPSA) is 41.6 Å². The molecule has 1 unspecified atom stereocenters.